The third-order valence-corrected chi connectivity index (χ3v) is 3.52. The normalized spacial score (nSPS) is 17.6. The van der Waals surface area contributed by atoms with E-state index in [1.807, 2.05) is 0 Å². The number of hydrogen-bond acceptors (Lipinski definition) is 5. The van der Waals surface area contributed by atoms with Crippen LogP contribution in [0.1, 0.15) is 12.8 Å². The number of carbonyl (C=O) groups is 2. The van der Waals surface area contributed by atoms with Crippen LogP contribution < -0.4 is 10.5 Å². The molecular weight excluding hydrogens is 272 g/mol. The summed E-state index contributed by atoms with van der Waals surface area (Å²) < 4.78 is 10.2. The van der Waals surface area contributed by atoms with E-state index in [4.69, 9.17) is 15.2 Å². The fraction of sp³-hybridized carbons (Fsp3) is 0.467. The van der Waals surface area contributed by atoms with E-state index in [2.05, 4.69) is 0 Å². The molecule has 1 heterocycles. The number of nitrogens with two attached hydrogens (primary N) is 1. The minimum Gasteiger partial charge on any atom is -0.493 e. The predicted molar refractivity (Wildman–Crippen MR) is 77.7 cm³/mol. The quantitative estimate of drug-likeness (QED) is 0.648. The molecule has 0 saturated carbocycles. The summed E-state index contributed by atoms with van der Waals surface area (Å²) in [5.41, 5.74) is 6.27. The number of amides is 1. The van der Waals surface area contributed by atoms with Crippen molar-refractivity contribution >= 4 is 17.6 Å². The number of carbonyl (C=O) groups excluding carboxylic acids is 2. The van der Waals surface area contributed by atoms with Crippen LogP contribution in [0, 0.1) is 5.92 Å². The highest BCUT2D eigenvalue weighted by Gasteiger charge is 2.31. The van der Waals surface area contributed by atoms with Crippen LogP contribution in [0.4, 0.5) is 5.69 Å². The van der Waals surface area contributed by atoms with Crippen LogP contribution in [0.15, 0.2) is 24.3 Å². The van der Waals surface area contributed by atoms with Gasteiger partial charge < -0.3 is 20.1 Å². The van der Waals surface area contributed by atoms with Crippen molar-refractivity contribution in [1.82, 2.24) is 4.90 Å². The SMILES string of the molecule is COC(=O)C1CCN(C(=O)CCOc2cccc(N)c2)C1. The highest BCUT2D eigenvalue weighted by molar-refractivity contribution is 5.79. The highest BCUT2D eigenvalue weighted by Crippen LogP contribution is 2.19. The first-order valence-electron chi connectivity index (χ1n) is 6.94. The van der Waals surface area contributed by atoms with Crippen molar-refractivity contribution in [2.75, 3.05) is 32.5 Å². The van der Waals surface area contributed by atoms with E-state index >= 15 is 0 Å². The topological polar surface area (TPSA) is 81.9 Å². The number of benzene rings is 1. The third kappa shape index (κ3) is 4.11. The minimum absolute atomic E-state index is 0.00898. The minimum atomic E-state index is -0.249. The van der Waals surface area contributed by atoms with Crippen LogP contribution >= 0.6 is 0 Å². The number of nitrogen functional groups attached to an aromatic ring is 1. The molecule has 21 heavy (non-hydrogen) atoms. The smallest absolute Gasteiger partial charge is 0.310 e. The second kappa shape index (κ2) is 6.97. The Kier molecular flexibility index (Phi) is 5.03. The van der Waals surface area contributed by atoms with Crippen molar-refractivity contribution in [3.05, 3.63) is 24.3 Å². The summed E-state index contributed by atoms with van der Waals surface area (Å²) in [7, 11) is 1.37. The summed E-state index contributed by atoms with van der Waals surface area (Å²) in [4.78, 5) is 25.1. The molecule has 1 aliphatic rings. The first kappa shape index (κ1) is 15.2. The molecule has 0 aliphatic carbocycles. The molecule has 1 aromatic carbocycles. The number of esters is 1. The molecule has 1 unspecified atom stereocenters. The van der Waals surface area contributed by atoms with Crippen molar-refractivity contribution in [1.29, 1.82) is 0 Å². The molecule has 6 nitrogen and oxygen atoms in total. The number of anilines is 1. The van der Waals surface area contributed by atoms with E-state index in [1.165, 1.54) is 7.11 Å². The second-order valence-corrected chi connectivity index (χ2v) is 5.02. The molecule has 1 amide bonds. The Morgan fingerprint density at radius 3 is 2.95 bits per heavy atom. The van der Waals surface area contributed by atoms with Crippen LogP contribution in [0.3, 0.4) is 0 Å². The molecule has 2 N–H and O–H groups in total. The Morgan fingerprint density at radius 2 is 2.24 bits per heavy atom. The number of likely N-dealkylation sites (tertiary alicyclic amines) is 1. The third-order valence-electron chi connectivity index (χ3n) is 3.52. The molecule has 6 heteroatoms. The van der Waals surface area contributed by atoms with E-state index in [9.17, 15) is 9.59 Å². The predicted octanol–water partition coefficient (Wildman–Crippen LogP) is 1.06. The maximum atomic E-state index is 12.0. The lowest BCUT2D eigenvalue weighted by Crippen LogP contribution is -2.31. The van der Waals surface area contributed by atoms with Crippen LogP contribution in [-0.4, -0.2) is 43.6 Å². The van der Waals surface area contributed by atoms with Gasteiger partial charge in [-0.1, -0.05) is 6.07 Å². The summed E-state index contributed by atoms with van der Waals surface area (Å²) in [6.45, 7) is 1.32. The first-order valence-corrected chi connectivity index (χ1v) is 6.94. The lowest BCUT2D eigenvalue weighted by molar-refractivity contribution is -0.145. The standard InChI is InChI=1S/C15H20N2O4/c1-20-15(19)11-5-7-17(10-11)14(18)6-8-21-13-4-2-3-12(16)9-13/h2-4,9,11H,5-8,10,16H2,1H3. The van der Waals surface area contributed by atoms with Crippen LogP contribution in [-0.2, 0) is 14.3 Å². The Balaban J connectivity index is 1.74. The van der Waals surface area contributed by atoms with Gasteiger partial charge in [-0.25, -0.2) is 0 Å². The molecule has 0 bridgehead atoms. The van der Waals surface area contributed by atoms with E-state index < -0.39 is 0 Å². The average Bonchev–Trinajstić information content (AvgIpc) is 2.96. The van der Waals surface area contributed by atoms with Crippen molar-refractivity contribution < 1.29 is 19.1 Å². The van der Waals surface area contributed by atoms with Gasteiger partial charge in [-0.15, -0.1) is 0 Å². The maximum Gasteiger partial charge on any atom is 0.310 e. The van der Waals surface area contributed by atoms with Crippen molar-refractivity contribution in [3.63, 3.8) is 0 Å². The molecule has 2 rings (SSSR count). The van der Waals surface area contributed by atoms with E-state index in [0.29, 0.717) is 37.6 Å². The molecule has 1 aliphatic heterocycles. The van der Waals surface area contributed by atoms with Gasteiger partial charge in [0.05, 0.1) is 26.1 Å². The van der Waals surface area contributed by atoms with Gasteiger partial charge >= 0.3 is 5.97 Å². The van der Waals surface area contributed by atoms with Gasteiger partial charge in [-0.3, -0.25) is 9.59 Å². The van der Waals surface area contributed by atoms with Crippen LogP contribution in [0.25, 0.3) is 0 Å². The van der Waals surface area contributed by atoms with Crippen LogP contribution in [0.5, 0.6) is 5.75 Å². The van der Waals surface area contributed by atoms with Crippen molar-refractivity contribution in [2.24, 2.45) is 5.92 Å². The van der Waals surface area contributed by atoms with Gasteiger partial charge in [-0.2, -0.15) is 0 Å². The monoisotopic (exact) mass is 292 g/mol. The molecule has 1 atom stereocenters. The summed E-state index contributed by atoms with van der Waals surface area (Å²) in [5, 5.41) is 0. The largest absolute Gasteiger partial charge is 0.493 e. The Bertz CT molecular complexity index is 518. The zero-order chi connectivity index (χ0) is 15.2. The fourth-order valence-corrected chi connectivity index (χ4v) is 2.36. The van der Waals surface area contributed by atoms with Gasteiger partial charge in [0.1, 0.15) is 5.75 Å². The molecule has 114 valence electrons. The van der Waals surface area contributed by atoms with Gasteiger partial charge in [0.25, 0.3) is 0 Å². The highest BCUT2D eigenvalue weighted by atomic mass is 16.5. The summed E-state index contributed by atoms with van der Waals surface area (Å²) in [5.74, 6) is 0.192. The number of nitrogens with zero attached hydrogens (tertiary/aromatic N) is 1. The van der Waals surface area contributed by atoms with Crippen molar-refractivity contribution in [3.8, 4) is 5.75 Å². The molecular formula is C15H20N2O4. The lowest BCUT2D eigenvalue weighted by Gasteiger charge is -2.16. The number of methoxy groups -OCH3 is 1. The van der Waals surface area contributed by atoms with Gasteiger partial charge in [0.15, 0.2) is 0 Å². The summed E-state index contributed by atoms with van der Waals surface area (Å²) in [6, 6.07) is 7.08. The zero-order valence-corrected chi connectivity index (χ0v) is 12.1. The molecule has 1 aromatic rings. The molecule has 0 aromatic heterocycles. The zero-order valence-electron chi connectivity index (χ0n) is 12.1. The summed E-state index contributed by atoms with van der Waals surface area (Å²) in [6.07, 6.45) is 0.942. The van der Waals surface area contributed by atoms with Gasteiger partial charge in [-0.05, 0) is 18.6 Å². The number of rotatable bonds is 5. The molecule has 0 spiro atoms. The first-order chi connectivity index (χ1) is 10.1. The maximum absolute atomic E-state index is 12.0. The Hall–Kier alpha value is -2.24. The van der Waals surface area contributed by atoms with E-state index in [-0.39, 0.29) is 24.2 Å². The van der Waals surface area contributed by atoms with Crippen LogP contribution in [0.2, 0.25) is 0 Å². The van der Waals surface area contributed by atoms with Gasteiger partial charge in [0, 0.05) is 24.8 Å². The van der Waals surface area contributed by atoms with Gasteiger partial charge in [0.2, 0.25) is 5.91 Å². The summed E-state index contributed by atoms with van der Waals surface area (Å²) >= 11 is 0. The molecule has 1 saturated heterocycles. The second-order valence-electron chi connectivity index (χ2n) is 5.02. The van der Waals surface area contributed by atoms with E-state index in [0.717, 1.165) is 0 Å². The Morgan fingerprint density at radius 1 is 1.43 bits per heavy atom. The van der Waals surface area contributed by atoms with E-state index in [1.54, 1.807) is 29.2 Å². The van der Waals surface area contributed by atoms with Crippen molar-refractivity contribution in [2.45, 2.75) is 12.8 Å². The fourth-order valence-electron chi connectivity index (χ4n) is 2.36. The molecule has 1 fully saturated rings. The Labute approximate surface area is 123 Å². The number of hydrogen-bond donors (Lipinski definition) is 1. The lowest BCUT2D eigenvalue weighted by atomic mass is 10.1. The number of ether oxygens (including phenoxy) is 2. The average molecular weight is 292 g/mol. The molecule has 0 radical (unpaired) electrons.